The molecule has 2 aromatic carbocycles. The van der Waals surface area contributed by atoms with E-state index in [-0.39, 0.29) is 4.90 Å². The maximum absolute atomic E-state index is 12.9. The number of halogens is 1. The molecule has 8 nitrogen and oxygen atoms in total. The van der Waals surface area contributed by atoms with E-state index in [4.69, 9.17) is 11.6 Å². The van der Waals surface area contributed by atoms with Crippen molar-refractivity contribution >= 4 is 48.9 Å². The van der Waals surface area contributed by atoms with Crippen molar-refractivity contribution in [3.05, 3.63) is 53.1 Å². The number of nitrogens with one attached hydrogen (secondary N) is 1. The highest BCUT2D eigenvalue weighted by atomic mass is 35.5. The first-order valence-corrected chi connectivity index (χ1v) is 14.2. The summed E-state index contributed by atoms with van der Waals surface area (Å²) in [5.41, 5.74) is 1.33. The van der Waals surface area contributed by atoms with Crippen LogP contribution in [0.2, 0.25) is 5.02 Å². The molecule has 1 N–H and O–H groups in total. The monoisotopic (exact) mass is 513 g/mol. The zero-order chi connectivity index (χ0) is 24.4. The Balaban J connectivity index is 1.80. The summed E-state index contributed by atoms with van der Waals surface area (Å²) in [6.07, 6.45) is 3.73. The largest absolute Gasteiger partial charge is 0.324 e. The molecule has 1 aliphatic heterocycles. The van der Waals surface area contributed by atoms with Gasteiger partial charge in [0.2, 0.25) is 26.0 Å². The minimum absolute atomic E-state index is 0.155. The Kier molecular flexibility index (Phi) is 7.73. The molecule has 0 bridgehead atoms. The summed E-state index contributed by atoms with van der Waals surface area (Å²) in [5, 5.41) is 3.02. The number of nitrogens with zero attached hydrogens (tertiary/aromatic N) is 2. The zero-order valence-electron chi connectivity index (χ0n) is 18.8. The number of piperidine rings is 1. The average Bonchev–Trinajstić information content (AvgIpc) is 2.76. The van der Waals surface area contributed by atoms with Crippen molar-refractivity contribution in [3.8, 4) is 0 Å². The van der Waals surface area contributed by atoms with E-state index in [1.54, 1.807) is 19.1 Å². The molecule has 2 aromatic rings. The summed E-state index contributed by atoms with van der Waals surface area (Å²) in [7, 11) is -7.38. The van der Waals surface area contributed by atoms with Crippen LogP contribution in [0.5, 0.6) is 0 Å². The number of carbonyl (C=O) groups is 1. The van der Waals surface area contributed by atoms with E-state index in [1.165, 1.54) is 41.6 Å². The highest BCUT2D eigenvalue weighted by molar-refractivity contribution is 7.92. The van der Waals surface area contributed by atoms with Crippen LogP contribution in [0.25, 0.3) is 0 Å². The Bertz CT molecular complexity index is 1230. The number of sulfonamides is 2. The van der Waals surface area contributed by atoms with Gasteiger partial charge in [0.25, 0.3) is 0 Å². The Morgan fingerprint density at radius 2 is 1.64 bits per heavy atom. The Morgan fingerprint density at radius 1 is 1.03 bits per heavy atom. The normalized spacial score (nSPS) is 16.2. The van der Waals surface area contributed by atoms with Crippen LogP contribution in [0.1, 0.15) is 31.7 Å². The lowest BCUT2D eigenvalue weighted by Gasteiger charge is -2.29. The summed E-state index contributed by atoms with van der Waals surface area (Å²) in [4.78, 5) is 13.1. The smallest absolute Gasteiger partial charge is 0.247 e. The second kappa shape index (κ2) is 10.0. The van der Waals surface area contributed by atoms with Crippen LogP contribution < -0.4 is 9.62 Å². The number of anilines is 2. The molecule has 3 rings (SSSR count). The van der Waals surface area contributed by atoms with Gasteiger partial charge >= 0.3 is 0 Å². The molecule has 1 amide bonds. The topological polar surface area (TPSA) is 104 Å². The van der Waals surface area contributed by atoms with Crippen molar-refractivity contribution in [1.82, 2.24) is 4.31 Å². The number of rotatable bonds is 7. The number of amides is 1. The van der Waals surface area contributed by atoms with E-state index in [0.717, 1.165) is 29.8 Å². The predicted molar refractivity (Wildman–Crippen MR) is 131 cm³/mol. The molecule has 0 aliphatic carbocycles. The Hall–Kier alpha value is -2.14. The van der Waals surface area contributed by atoms with E-state index in [1.807, 2.05) is 0 Å². The summed E-state index contributed by atoms with van der Waals surface area (Å²) in [5.74, 6) is -0.563. The SMILES string of the molecule is Cc1ccc(Cl)cc1N([C@H](C)C(=O)Nc1ccc(S(=O)(=O)N2CCCCC2)cc1)S(C)(=O)=O. The maximum atomic E-state index is 12.9. The number of hydrogen-bond acceptors (Lipinski definition) is 5. The number of aryl methyl sites for hydroxylation is 1. The first kappa shape index (κ1) is 25.5. The molecule has 11 heteroatoms. The third kappa shape index (κ3) is 5.87. The molecule has 33 heavy (non-hydrogen) atoms. The molecule has 0 aromatic heterocycles. The number of hydrogen-bond donors (Lipinski definition) is 1. The van der Waals surface area contributed by atoms with Crippen LogP contribution in [-0.2, 0) is 24.8 Å². The van der Waals surface area contributed by atoms with E-state index in [0.29, 0.717) is 35.1 Å². The molecule has 0 unspecified atom stereocenters. The lowest BCUT2D eigenvalue weighted by atomic mass is 10.1. The van der Waals surface area contributed by atoms with Crippen LogP contribution in [0.3, 0.4) is 0 Å². The summed E-state index contributed by atoms with van der Waals surface area (Å²) >= 11 is 6.06. The molecule has 0 spiro atoms. The first-order valence-electron chi connectivity index (χ1n) is 10.6. The fraction of sp³-hybridized carbons (Fsp3) is 0.409. The molecule has 1 atom stereocenters. The van der Waals surface area contributed by atoms with Crippen molar-refractivity contribution in [2.45, 2.75) is 44.0 Å². The van der Waals surface area contributed by atoms with E-state index in [2.05, 4.69) is 5.32 Å². The van der Waals surface area contributed by atoms with Crippen molar-refractivity contribution < 1.29 is 21.6 Å². The third-order valence-electron chi connectivity index (χ3n) is 5.57. The van der Waals surface area contributed by atoms with Gasteiger partial charge in [0.15, 0.2) is 0 Å². The molecule has 1 fully saturated rings. The lowest BCUT2D eigenvalue weighted by Crippen LogP contribution is -2.45. The van der Waals surface area contributed by atoms with Crippen LogP contribution >= 0.6 is 11.6 Å². The molecule has 1 saturated heterocycles. The van der Waals surface area contributed by atoms with Gasteiger partial charge in [-0.1, -0.05) is 24.1 Å². The minimum atomic E-state index is -3.80. The van der Waals surface area contributed by atoms with Gasteiger partial charge < -0.3 is 5.32 Å². The number of carbonyl (C=O) groups excluding carboxylic acids is 1. The van der Waals surface area contributed by atoms with Gasteiger partial charge in [-0.05, 0) is 68.7 Å². The van der Waals surface area contributed by atoms with Gasteiger partial charge in [-0.3, -0.25) is 9.10 Å². The molecular weight excluding hydrogens is 486 g/mol. The molecule has 0 saturated carbocycles. The Labute approximate surface area is 200 Å². The molecule has 1 aliphatic rings. The van der Waals surface area contributed by atoms with Crippen LogP contribution in [-0.4, -0.2) is 52.4 Å². The van der Waals surface area contributed by atoms with E-state index >= 15 is 0 Å². The van der Waals surface area contributed by atoms with Crippen molar-refractivity contribution in [3.63, 3.8) is 0 Å². The highest BCUT2D eigenvalue weighted by Crippen LogP contribution is 2.29. The van der Waals surface area contributed by atoms with Crippen molar-refractivity contribution in [2.24, 2.45) is 0 Å². The van der Waals surface area contributed by atoms with Crippen LogP contribution in [0.15, 0.2) is 47.4 Å². The summed E-state index contributed by atoms with van der Waals surface area (Å²) < 4.78 is 53.2. The molecule has 1 heterocycles. The maximum Gasteiger partial charge on any atom is 0.247 e. The summed E-state index contributed by atoms with van der Waals surface area (Å²) in [6.45, 7) is 4.22. The highest BCUT2D eigenvalue weighted by Gasteiger charge is 2.31. The second-order valence-corrected chi connectivity index (χ2v) is 12.4. The third-order valence-corrected chi connectivity index (χ3v) is 8.95. The average molecular weight is 514 g/mol. The lowest BCUT2D eigenvalue weighted by molar-refractivity contribution is -0.116. The quantitative estimate of drug-likeness (QED) is 0.609. The predicted octanol–water partition coefficient (Wildman–Crippen LogP) is 3.62. The molecule has 0 radical (unpaired) electrons. The zero-order valence-corrected chi connectivity index (χ0v) is 21.2. The molecule has 180 valence electrons. The standard InChI is InChI=1S/C22H28ClN3O5S2/c1-16-7-8-18(23)15-21(16)26(32(3,28)29)17(2)22(27)24-19-9-11-20(12-10-19)33(30,31)25-13-5-4-6-14-25/h7-12,15,17H,4-6,13-14H2,1-3H3,(H,24,27)/t17-/m1/s1. The van der Waals surface area contributed by atoms with E-state index in [9.17, 15) is 21.6 Å². The minimum Gasteiger partial charge on any atom is -0.324 e. The summed E-state index contributed by atoms with van der Waals surface area (Å²) in [6, 6.07) is 9.64. The van der Waals surface area contributed by atoms with Gasteiger partial charge in [0.05, 0.1) is 16.8 Å². The van der Waals surface area contributed by atoms with Gasteiger partial charge in [0, 0.05) is 23.8 Å². The van der Waals surface area contributed by atoms with Crippen LogP contribution in [0.4, 0.5) is 11.4 Å². The fourth-order valence-corrected chi connectivity index (χ4v) is 6.72. The van der Waals surface area contributed by atoms with Crippen molar-refractivity contribution in [2.75, 3.05) is 29.0 Å². The van der Waals surface area contributed by atoms with Gasteiger partial charge in [-0.25, -0.2) is 16.8 Å². The Morgan fingerprint density at radius 3 is 2.21 bits per heavy atom. The van der Waals surface area contributed by atoms with E-state index < -0.39 is 32.0 Å². The second-order valence-electron chi connectivity index (χ2n) is 8.14. The van der Waals surface area contributed by atoms with Crippen molar-refractivity contribution in [1.29, 1.82) is 0 Å². The van der Waals surface area contributed by atoms with Gasteiger partial charge in [-0.15, -0.1) is 0 Å². The van der Waals surface area contributed by atoms with Gasteiger partial charge in [0.1, 0.15) is 6.04 Å². The molecular formula is C22H28ClN3O5S2. The fourth-order valence-electron chi connectivity index (χ4n) is 3.81. The van der Waals surface area contributed by atoms with Crippen LogP contribution in [0, 0.1) is 6.92 Å². The first-order chi connectivity index (χ1) is 15.4. The number of benzene rings is 2. The van der Waals surface area contributed by atoms with Gasteiger partial charge in [-0.2, -0.15) is 4.31 Å².